The highest BCUT2D eigenvalue weighted by Gasteiger charge is 2.23. The van der Waals surface area contributed by atoms with Gasteiger partial charge in [0.15, 0.2) is 0 Å². The van der Waals surface area contributed by atoms with Crippen LogP contribution in [-0.4, -0.2) is 31.3 Å². The van der Waals surface area contributed by atoms with Gasteiger partial charge in [-0.15, -0.1) is 0 Å². The van der Waals surface area contributed by atoms with E-state index in [0.717, 1.165) is 0 Å². The van der Waals surface area contributed by atoms with Gasteiger partial charge in [0.05, 0.1) is 13.2 Å². The van der Waals surface area contributed by atoms with E-state index in [4.69, 9.17) is 9.47 Å². The molecule has 0 unspecified atom stereocenters. The van der Waals surface area contributed by atoms with Crippen molar-refractivity contribution in [2.75, 3.05) is 13.2 Å². The van der Waals surface area contributed by atoms with Crippen LogP contribution in [0.3, 0.4) is 0 Å². The number of benzene rings is 2. The second-order valence-corrected chi connectivity index (χ2v) is 4.89. The van der Waals surface area contributed by atoms with E-state index in [-0.39, 0.29) is 22.6 Å². The maximum Gasteiger partial charge on any atom is 0.524 e. The monoisotopic (exact) mass is 358 g/mol. The Morgan fingerprint density at radius 1 is 0.692 bits per heavy atom. The third-order valence-electron chi connectivity index (χ3n) is 3.17. The van der Waals surface area contributed by atoms with Crippen LogP contribution in [0.4, 0.5) is 4.79 Å². The molecule has 136 valence electrons. The van der Waals surface area contributed by atoms with Crippen molar-refractivity contribution in [3.05, 3.63) is 59.7 Å². The molecule has 0 aliphatic rings. The van der Waals surface area contributed by atoms with E-state index >= 15 is 0 Å². The molecule has 0 spiro atoms. The summed E-state index contributed by atoms with van der Waals surface area (Å²) in [5.41, 5.74) is 0.0990. The first-order chi connectivity index (χ1) is 12.6. The summed E-state index contributed by atoms with van der Waals surface area (Å²) in [6.45, 7) is 4.18. The zero-order chi connectivity index (χ0) is 18.9. The first-order valence-electron chi connectivity index (χ1n) is 7.98. The van der Waals surface area contributed by atoms with Crippen LogP contribution in [0.2, 0.25) is 0 Å². The van der Waals surface area contributed by atoms with Crippen molar-refractivity contribution in [3.63, 3.8) is 0 Å². The highest BCUT2D eigenvalue weighted by molar-refractivity contribution is 6.02. The Kier molecular flexibility index (Phi) is 6.73. The minimum atomic E-state index is -1.43. The number of rotatable bonds is 6. The third-order valence-corrected chi connectivity index (χ3v) is 3.17. The van der Waals surface area contributed by atoms with Crippen LogP contribution in [0.5, 0.6) is 11.5 Å². The summed E-state index contributed by atoms with van der Waals surface area (Å²) in [6.07, 6.45) is -1.43. The standard InChI is InChI=1S/C19H18O7/c1-3-23-15-11-7-5-9-13(15)17(20)25-19(22)26-18(21)14-10-6-8-12-16(14)24-4-2/h5-12H,3-4H2,1-2H3. The van der Waals surface area contributed by atoms with Gasteiger partial charge in [0, 0.05) is 0 Å². The topological polar surface area (TPSA) is 88.1 Å². The second kappa shape index (κ2) is 9.22. The van der Waals surface area contributed by atoms with Gasteiger partial charge >= 0.3 is 18.1 Å². The lowest BCUT2D eigenvalue weighted by molar-refractivity contribution is 0.0334. The van der Waals surface area contributed by atoms with Crippen LogP contribution in [0.15, 0.2) is 48.5 Å². The second-order valence-electron chi connectivity index (χ2n) is 4.89. The molecule has 2 aromatic carbocycles. The molecule has 0 amide bonds. The fourth-order valence-corrected chi connectivity index (χ4v) is 2.12. The summed E-state index contributed by atoms with van der Waals surface area (Å²) in [7, 11) is 0. The van der Waals surface area contributed by atoms with Gasteiger partial charge in [-0.05, 0) is 38.1 Å². The number of ether oxygens (including phenoxy) is 4. The van der Waals surface area contributed by atoms with E-state index in [1.807, 2.05) is 0 Å². The molecule has 0 bridgehead atoms. The zero-order valence-electron chi connectivity index (χ0n) is 14.4. The third kappa shape index (κ3) is 4.83. The molecular weight excluding hydrogens is 340 g/mol. The van der Waals surface area contributed by atoms with E-state index < -0.39 is 18.1 Å². The summed E-state index contributed by atoms with van der Waals surface area (Å²) in [5.74, 6) is -1.43. The first kappa shape index (κ1) is 19.0. The van der Waals surface area contributed by atoms with Gasteiger partial charge in [-0.3, -0.25) is 0 Å². The molecule has 0 fully saturated rings. The minimum absolute atomic E-state index is 0.0495. The number of carbonyl (C=O) groups excluding carboxylic acids is 3. The maximum atomic E-state index is 12.1. The molecule has 0 aliphatic carbocycles. The molecule has 2 aromatic rings. The Bertz CT molecular complexity index is 732. The largest absolute Gasteiger partial charge is 0.524 e. The van der Waals surface area contributed by atoms with Gasteiger partial charge in [0.25, 0.3) is 0 Å². The Labute approximate surface area is 150 Å². The molecule has 7 nitrogen and oxygen atoms in total. The summed E-state index contributed by atoms with van der Waals surface area (Å²) >= 11 is 0. The van der Waals surface area contributed by atoms with Crippen LogP contribution < -0.4 is 9.47 Å². The van der Waals surface area contributed by atoms with Gasteiger partial charge in [-0.2, -0.15) is 0 Å². The molecular formula is C19H18O7. The van der Waals surface area contributed by atoms with Crippen molar-refractivity contribution in [3.8, 4) is 11.5 Å². The minimum Gasteiger partial charge on any atom is -0.493 e. The first-order valence-corrected chi connectivity index (χ1v) is 7.98. The fraction of sp³-hybridized carbons (Fsp3) is 0.211. The number of hydrogen-bond donors (Lipinski definition) is 0. The van der Waals surface area contributed by atoms with E-state index in [9.17, 15) is 14.4 Å². The van der Waals surface area contributed by atoms with Gasteiger partial charge in [-0.25, -0.2) is 14.4 Å². The van der Waals surface area contributed by atoms with E-state index in [0.29, 0.717) is 13.2 Å². The highest BCUT2D eigenvalue weighted by Crippen LogP contribution is 2.21. The van der Waals surface area contributed by atoms with E-state index in [1.165, 1.54) is 12.1 Å². The Balaban J connectivity index is 2.05. The lowest BCUT2D eigenvalue weighted by Crippen LogP contribution is -2.19. The van der Waals surface area contributed by atoms with Gasteiger partial charge < -0.3 is 18.9 Å². The molecule has 26 heavy (non-hydrogen) atoms. The Morgan fingerprint density at radius 3 is 1.46 bits per heavy atom. The van der Waals surface area contributed by atoms with Crippen LogP contribution in [0.25, 0.3) is 0 Å². The summed E-state index contributed by atoms with van der Waals surface area (Å²) in [6, 6.07) is 12.5. The molecule has 0 atom stereocenters. The summed E-state index contributed by atoms with van der Waals surface area (Å²) < 4.78 is 19.7. The van der Waals surface area contributed by atoms with Crippen molar-refractivity contribution >= 4 is 18.1 Å². The lowest BCUT2D eigenvalue weighted by atomic mass is 10.2. The quantitative estimate of drug-likeness (QED) is 0.575. The predicted octanol–water partition coefficient (Wildman–Crippen LogP) is 3.62. The van der Waals surface area contributed by atoms with Crippen molar-refractivity contribution in [2.24, 2.45) is 0 Å². The molecule has 0 aliphatic heterocycles. The summed E-state index contributed by atoms with van der Waals surface area (Å²) in [5, 5.41) is 0. The normalized spacial score (nSPS) is 9.92. The lowest BCUT2D eigenvalue weighted by Gasteiger charge is -2.10. The van der Waals surface area contributed by atoms with Gasteiger partial charge in [0.2, 0.25) is 0 Å². The predicted molar refractivity (Wildman–Crippen MR) is 91.4 cm³/mol. The van der Waals surface area contributed by atoms with Crippen molar-refractivity contribution in [1.29, 1.82) is 0 Å². The zero-order valence-corrected chi connectivity index (χ0v) is 14.4. The Hall–Kier alpha value is -3.35. The molecule has 0 saturated heterocycles. The molecule has 0 heterocycles. The van der Waals surface area contributed by atoms with Crippen LogP contribution >= 0.6 is 0 Å². The summed E-state index contributed by atoms with van der Waals surface area (Å²) in [4.78, 5) is 36.0. The van der Waals surface area contributed by atoms with Crippen LogP contribution in [-0.2, 0) is 9.47 Å². The molecule has 2 rings (SSSR count). The highest BCUT2D eigenvalue weighted by atomic mass is 16.8. The Morgan fingerprint density at radius 2 is 1.08 bits per heavy atom. The SMILES string of the molecule is CCOc1ccccc1C(=O)OC(=O)OC(=O)c1ccccc1OCC. The van der Waals surface area contributed by atoms with E-state index in [1.54, 1.807) is 50.2 Å². The van der Waals surface area contributed by atoms with Crippen LogP contribution in [0, 0.1) is 0 Å². The van der Waals surface area contributed by atoms with Crippen molar-refractivity contribution < 1.29 is 33.3 Å². The molecule has 0 radical (unpaired) electrons. The number of carbonyl (C=O) groups is 3. The molecule has 0 aromatic heterocycles. The molecule has 7 heteroatoms. The number of hydrogen-bond acceptors (Lipinski definition) is 7. The number of para-hydroxylation sites is 2. The smallest absolute Gasteiger partial charge is 0.493 e. The average molecular weight is 358 g/mol. The fourth-order valence-electron chi connectivity index (χ4n) is 2.12. The van der Waals surface area contributed by atoms with Crippen molar-refractivity contribution in [1.82, 2.24) is 0 Å². The van der Waals surface area contributed by atoms with Crippen molar-refractivity contribution in [2.45, 2.75) is 13.8 Å². The average Bonchev–Trinajstić information content (AvgIpc) is 2.63. The van der Waals surface area contributed by atoms with Gasteiger partial charge in [0.1, 0.15) is 22.6 Å². The molecule has 0 N–H and O–H groups in total. The van der Waals surface area contributed by atoms with E-state index in [2.05, 4.69) is 9.47 Å². The van der Waals surface area contributed by atoms with Gasteiger partial charge in [-0.1, -0.05) is 24.3 Å². The molecule has 0 saturated carbocycles. The van der Waals surface area contributed by atoms with Crippen LogP contribution in [0.1, 0.15) is 34.6 Å². The number of esters is 2. The maximum absolute atomic E-state index is 12.1.